The maximum Gasteiger partial charge on any atom is 0.193 e. The van der Waals surface area contributed by atoms with Gasteiger partial charge < -0.3 is 9.15 Å². The van der Waals surface area contributed by atoms with Crippen molar-refractivity contribution in [1.29, 1.82) is 0 Å². The van der Waals surface area contributed by atoms with Crippen LogP contribution in [0.3, 0.4) is 0 Å². The molecule has 0 fully saturated rings. The Morgan fingerprint density at radius 3 is 2.28 bits per heavy atom. The van der Waals surface area contributed by atoms with Gasteiger partial charge in [0, 0.05) is 21.5 Å². The lowest BCUT2D eigenvalue weighted by Crippen LogP contribution is -2.04. The first-order valence-corrected chi connectivity index (χ1v) is 10.3. The molecule has 0 N–H and O–H groups in total. The van der Waals surface area contributed by atoms with Gasteiger partial charge in [-0.05, 0) is 73.5 Å². The van der Waals surface area contributed by atoms with Crippen LogP contribution in [0.1, 0.15) is 11.1 Å². The molecule has 0 aliphatic heterocycles. The normalized spacial score (nSPS) is 11.0. The Labute approximate surface area is 178 Å². The molecule has 0 radical (unpaired) electrons. The van der Waals surface area contributed by atoms with Gasteiger partial charge >= 0.3 is 0 Å². The third-order valence-corrected chi connectivity index (χ3v) is 6.22. The highest BCUT2D eigenvalue weighted by Gasteiger charge is 2.16. The second-order valence-electron chi connectivity index (χ2n) is 6.80. The summed E-state index contributed by atoms with van der Waals surface area (Å²) in [5.74, 6) is 1.29. The van der Waals surface area contributed by atoms with E-state index in [1.54, 1.807) is 24.9 Å². The van der Waals surface area contributed by atoms with E-state index in [2.05, 4.69) is 0 Å². The predicted octanol–water partition coefficient (Wildman–Crippen LogP) is 6.89. The first-order valence-electron chi connectivity index (χ1n) is 9.12. The number of ether oxygens (including phenoxy) is 1. The third-order valence-electron chi connectivity index (χ3n) is 4.75. The fraction of sp³-hybridized carbons (Fsp3) is 0.125. The van der Waals surface area contributed by atoms with E-state index in [4.69, 9.17) is 20.8 Å². The number of benzene rings is 3. The van der Waals surface area contributed by atoms with E-state index in [9.17, 15) is 4.79 Å². The number of rotatable bonds is 4. The van der Waals surface area contributed by atoms with Crippen LogP contribution in [0.2, 0.25) is 5.02 Å². The molecule has 3 aromatic carbocycles. The van der Waals surface area contributed by atoms with Gasteiger partial charge in [0.2, 0.25) is 0 Å². The van der Waals surface area contributed by atoms with E-state index in [0.717, 1.165) is 32.2 Å². The summed E-state index contributed by atoms with van der Waals surface area (Å²) in [7, 11) is 1.62. The smallest absolute Gasteiger partial charge is 0.193 e. The van der Waals surface area contributed by atoms with Crippen LogP contribution in [0.15, 0.2) is 79.7 Å². The number of hydrogen-bond acceptors (Lipinski definition) is 4. The maximum atomic E-state index is 13.0. The minimum atomic E-state index is -0.0486. The van der Waals surface area contributed by atoms with Gasteiger partial charge in [-0.15, -0.1) is 0 Å². The molecule has 4 rings (SSSR count). The van der Waals surface area contributed by atoms with E-state index in [1.165, 1.54) is 0 Å². The molecule has 0 amide bonds. The van der Waals surface area contributed by atoms with Gasteiger partial charge in [0.15, 0.2) is 11.0 Å². The van der Waals surface area contributed by atoms with Crippen molar-refractivity contribution in [1.82, 2.24) is 0 Å². The van der Waals surface area contributed by atoms with Crippen LogP contribution >= 0.6 is 23.4 Å². The minimum Gasteiger partial charge on any atom is -0.497 e. The molecular formula is C24H19ClO3S. The van der Waals surface area contributed by atoms with Crippen molar-refractivity contribution >= 4 is 34.3 Å². The Bertz CT molecular complexity index is 1240. The summed E-state index contributed by atoms with van der Waals surface area (Å²) in [5, 5.41) is 1.30. The van der Waals surface area contributed by atoms with Crippen LogP contribution < -0.4 is 10.2 Å². The van der Waals surface area contributed by atoms with E-state index in [1.807, 2.05) is 68.4 Å². The summed E-state index contributed by atoms with van der Waals surface area (Å²) < 4.78 is 11.5. The summed E-state index contributed by atoms with van der Waals surface area (Å²) in [6, 6.07) is 18.7. The van der Waals surface area contributed by atoms with Gasteiger partial charge in [-0.25, -0.2) is 0 Å². The number of fused-ring (bicyclic) bond motifs is 1. The molecule has 0 aliphatic carbocycles. The minimum absolute atomic E-state index is 0.0486. The Hall–Kier alpha value is -2.69. The number of methoxy groups -OCH3 is 1. The third kappa shape index (κ3) is 3.91. The Morgan fingerprint density at radius 2 is 1.62 bits per heavy atom. The van der Waals surface area contributed by atoms with Gasteiger partial charge in [-0.2, -0.15) is 0 Å². The van der Waals surface area contributed by atoms with Crippen LogP contribution in [0, 0.1) is 13.8 Å². The SMILES string of the molecule is COc1ccc(-c2cc(=O)c3c(C)cc(C)c(Sc4ccc(Cl)cc4)c3o2)cc1. The van der Waals surface area contributed by atoms with Crippen molar-refractivity contribution in [3.05, 3.63) is 87.0 Å². The van der Waals surface area contributed by atoms with Gasteiger partial charge in [-0.1, -0.05) is 29.4 Å². The highest BCUT2D eigenvalue weighted by Crippen LogP contribution is 2.38. The average Bonchev–Trinajstić information content (AvgIpc) is 2.72. The Balaban J connectivity index is 1.91. The Kier molecular flexibility index (Phi) is 5.39. The molecule has 146 valence electrons. The van der Waals surface area contributed by atoms with Gasteiger partial charge in [0.05, 0.1) is 17.4 Å². The van der Waals surface area contributed by atoms with E-state index in [0.29, 0.717) is 21.8 Å². The lowest BCUT2D eigenvalue weighted by Gasteiger charge is -2.13. The van der Waals surface area contributed by atoms with Crippen LogP contribution in [0.25, 0.3) is 22.3 Å². The number of aryl methyl sites for hydroxylation is 2. The van der Waals surface area contributed by atoms with Crippen molar-refractivity contribution < 1.29 is 9.15 Å². The number of halogens is 1. The van der Waals surface area contributed by atoms with Crippen LogP contribution in [-0.4, -0.2) is 7.11 Å². The molecule has 4 aromatic rings. The fourth-order valence-electron chi connectivity index (χ4n) is 3.31. The standard InChI is InChI=1S/C24H19ClO3S/c1-14-12-15(2)24(29-19-10-6-17(25)7-11-19)23-22(14)20(26)13-21(28-23)16-4-8-18(27-3)9-5-16/h4-13H,1-3H3. The first kappa shape index (κ1) is 19.6. The highest BCUT2D eigenvalue weighted by atomic mass is 35.5. The molecular weight excluding hydrogens is 404 g/mol. The molecule has 1 heterocycles. The molecule has 3 nitrogen and oxygen atoms in total. The summed E-state index contributed by atoms with van der Waals surface area (Å²) in [6.45, 7) is 3.97. The van der Waals surface area contributed by atoms with Gasteiger partial charge in [0.1, 0.15) is 11.5 Å². The van der Waals surface area contributed by atoms with E-state index < -0.39 is 0 Å². The van der Waals surface area contributed by atoms with Crippen molar-refractivity contribution in [2.75, 3.05) is 7.11 Å². The highest BCUT2D eigenvalue weighted by molar-refractivity contribution is 7.99. The topological polar surface area (TPSA) is 39.4 Å². The molecule has 0 unspecified atom stereocenters. The van der Waals surface area contributed by atoms with E-state index >= 15 is 0 Å². The average molecular weight is 423 g/mol. The molecule has 0 saturated heterocycles. The second-order valence-corrected chi connectivity index (χ2v) is 8.32. The van der Waals surface area contributed by atoms with Crippen LogP contribution in [-0.2, 0) is 0 Å². The molecule has 0 spiro atoms. The van der Waals surface area contributed by atoms with Gasteiger partial charge in [0.25, 0.3) is 0 Å². The number of hydrogen-bond donors (Lipinski definition) is 0. The van der Waals surface area contributed by atoms with Gasteiger partial charge in [-0.3, -0.25) is 4.79 Å². The first-order chi connectivity index (χ1) is 14.0. The lowest BCUT2D eigenvalue weighted by molar-refractivity contribution is 0.415. The van der Waals surface area contributed by atoms with Crippen molar-refractivity contribution in [2.45, 2.75) is 23.6 Å². The van der Waals surface area contributed by atoms with Crippen LogP contribution in [0.4, 0.5) is 0 Å². The Morgan fingerprint density at radius 1 is 0.931 bits per heavy atom. The quantitative estimate of drug-likeness (QED) is 0.359. The summed E-state index contributed by atoms with van der Waals surface area (Å²) in [6.07, 6.45) is 0. The zero-order chi connectivity index (χ0) is 20.5. The zero-order valence-corrected chi connectivity index (χ0v) is 17.9. The van der Waals surface area contributed by atoms with Crippen molar-refractivity contribution in [3.63, 3.8) is 0 Å². The summed E-state index contributed by atoms with van der Waals surface area (Å²) in [4.78, 5) is 14.9. The monoisotopic (exact) mass is 422 g/mol. The molecule has 5 heteroatoms. The lowest BCUT2D eigenvalue weighted by atomic mass is 10.1. The second kappa shape index (κ2) is 7.97. The maximum absolute atomic E-state index is 13.0. The largest absolute Gasteiger partial charge is 0.497 e. The fourth-order valence-corrected chi connectivity index (χ4v) is 4.40. The predicted molar refractivity (Wildman–Crippen MR) is 120 cm³/mol. The van der Waals surface area contributed by atoms with Crippen LogP contribution in [0.5, 0.6) is 5.75 Å². The molecule has 0 aliphatic rings. The van der Waals surface area contributed by atoms with Crippen molar-refractivity contribution in [2.24, 2.45) is 0 Å². The summed E-state index contributed by atoms with van der Waals surface area (Å²) in [5.41, 5.74) is 3.36. The molecule has 0 atom stereocenters. The zero-order valence-electron chi connectivity index (χ0n) is 16.3. The van der Waals surface area contributed by atoms with Crippen molar-refractivity contribution in [3.8, 4) is 17.1 Å². The van der Waals surface area contributed by atoms with E-state index in [-0.39, 0.29) is 5.43 Å². The summed E-state index contributed by atoms with van der Waals surface area (Å²) >= 11 is 7.58. The molecule has 1 aromatic heterocycles. The molecule has 0 saturated carbocycles. The molecule has 29 heavy (non-hydrogen) atoms. The molecule has 0 bridgehead atoms.